The number of pyridine rings is 3. The second-order valence-corrected chi connectivity index (χ2v) is 10.8. The average molecular weight is 666 g/mol. The van der Waals surface area contributed by atoms with Gasteiger partial charge in [-0.05, 0) is 73.1 Å². The van der Waals surface area contributed by atoms with Crippen LogP contribution in [0.3, 0.4) is 0 Å². The molecule has 7 aromatic heterocycles. The number of nitrogens with zero attached hydrogens (tertiary/aromatic N) is 8. The Kier molecular flexibility index (Phi) is 7.96. The predicted octanol–water partition coefficient (Wildman–Crippen LogP) is 4.48. The minimum atomic E-state index is -0.338. The maximum atomic E-state index is 13.5. The van der Waals surface area contributed by atoms with Crippen molar-refractivity contribution in [2.45, 2.75) is 26.8 Å². The van der Waals surface area contributed by atoms with Gasteiger partial charge in [-0.3, -0.25) is 28.2 Å². The van der Waals surface area contributed by atoms with Crippen molar-refractivity contribution >= 4 is 50.5 Å². The number of nitrogens with one attached hydrogen (secondary N) is 2. The summed E-state index contributed by atoms with van der Waals surface area (Å²) in [6.45, 7) is 5.62. The molecule has 0 aliphatic rings. The third kappa shape index (κ3) is 5.47. The smallest absolute Gasteiger partial charge is 0.273 e. The van der Waals surface area contributed by atoms with Gasteiger partial charge in [-0.2, -0.15) is 0 Å². The fourth-order valence-electron chi connectivity index (χ4n) is 4.98. The highest BCUT2D eigenvalue weighted by atomic mass is 79.9. The van der Waals surface area contributed by atoms with Crippen molar-refractivity contribution in [3.63, 3.8) is 0 Å². The molecule has 7 rings (SSSR count). The summed E-state index contributed by atoms with van der Waals surface area (Å²) in [5.41, 5.74) is 5.22. The summed E-state index contributed by atoms with van der Waals surface area (Å²) in [5.74, 6) is 0.562. The third-order valence-corrected chi connectivity index (χ3v) is 7.85. The molecule has 0 aromatic carbocycles. The fraction of sp³-hybridized carbons (Fsp3) is 0.129. The lowest BCUT2D eigenvalue weighted by Crippen LogP contribution is -2.24. The Morgan fingerprint density at radius 1 is 0.867 bits per heavy atom. The van der Waals surface area contributed by atoms with E-state index < -0.39 is 0 Å². The third-order valence-electron chi connectivity index (χ3n) is 7.10. The van der Waals surface area contributed by atoms with Gasteiger partial charge < -0.3 is 10.3 Å². The Balaban J connectivity index is 0.000000200. The van der Waals surface area contributed by atoms with E-state index in [-0.39, 0.29) is 27.3 Å². The number of carbonyl (C=O) groups is 1. The Morgan fingerprint density at radius 2 is 1.58 bits per heavy atom. The van der Waals surface area contributed by atoms with E-state index in [0.29, 0.717) is 51.5 Å². The van der Waals surface area contributed by atoms with Crippen LogP contribution in [0.4, 0.5) is 5.82 Å². The molecule has 0 spiro atoms. The van der Waals surface area contributed by atoms with Crippen LogP contribution in [0.1, 0.15) is 40.5 Å². The van der Waals surface area contributed by atoms with Crippen LogP contribution in [-0.2, 0) is 0 Å². The number of anilines is 1. The molecular weight excluding hydrogens is 640 g/mol. The highest BCUT2D eigenvalue weighted by Crippen LogP contribution is 2.27. The van der Waals surface area contributed by atoms with Crippen molar-refractivity contribution in [3.05, 3.63) is 121 Å². The Hall–Kier alpha value is -5.63. The number of hydrogen-bond donors (Lipinski definition) is 2. The van der Waals surface area contributed by atoms with Crippen LogP contribution >= 0.6 is 15.9 Å². The summed E-state index contributed by atoms with van der Waals surface area (Å²) in [6, 6.07) is 16.0. The van der Waals surface area contributed by atoms with Crippen molar-refractivity contribution in [1.82, 2.24) is 43.7 Å². The molecule has 7 aromatic rings. The Labute approximate surface area is 263 Å². The zero-order valence-corrected chi connectivity index (χ0v) is 25.8. The summed E-state index contributed by atoms with van der Waals surface area (Å²) < 4.78 is 3.26. The largest absolute Gasteiger partial charge is 0.360 e. The highest BCUT2D eigenvalue weighted by molar-refractivity contribution is 9.10. The van der Waals surface area contributed by atoms with E-state index in [0.717, 1.165) is 11.4 Å². The molecule has 0 saturated heterocycles. The lowest BCUT2D eigenvalue weighted by atomic mass is 10.1. The molecule has 224 valence electrons. The van der Waals surface area contributed by atoms with Gasteiger partial charge in [-0.25, -0.2) is 24.9 Å². The number of fused-ring (bicyclic) bond motifs is 3. The van der Waals surface area contributed by atoms with Crippen molar-refractivity contribution in [2.24, 2.45) is 0 Å². The van der Waals surface area contributed by atoms with Gasteiger partial charge in [0.25, 0.3) is 11.1 Å². The van der Waals surface area contributed by atoms with Crippen molar-refractivity contribution < 1.29 is 4.79 Å². The monoisotopic (exact) mass is 664 g/mol. The lowest BCUT2D eigenvalue weighted by molar-refractivity contribution is 0.111. The molecule has 0 aliphatic heterocycles. The lowest BCUT2D eigenvalue weighted by Gasteiger charge is -2.18. The van der Waals surface area contributed by atoms with Crippen molar-refractivity contribution in [2.75, 3.05) is 5.32 Å². The first-order chi connectivity index (χ1) is 21.8. The molecular formula is C31H25BrN10O3. The summed E-state index contributed by atoms with van der Waals surface area (Å²) in [6.07, 6.45) is 5.26. The molecule has 14 heteroatoms. The molecule has 0 radical (unpaired) electrons. The number of H-pyrrole nitrogens is 1. The number of aryl methyl sites for hydroxylation is 2. The molecule has 0 saturated carbocycles. The molecule has 2 N–H and O–H groups in total. The molecule has 0 aliphatic carbocycles. The number of imidazole rings is 1. The molecule has 0 amide bonds. The minimum absolute atomic E-state index is 0.130. The van der Waals surface area contributed by atoms with Crippen molar-refractivity contribution in [1.29, 1.82) is 0 Å². The standard InChI is InChI=1S/C21H18N8O.C10H7BrN2O2/c1-12-6-5-8-15-28-17(16(21(30)29(12)15)14-7-3-4-9-22-14)13(2)27-20-18-19(24-10-23-18)25-11-26-20;1-6-3-2-4-8-12-7(5-14)9(11)10(15)13(6)8/h3-11,13H,1-2H3,(H2,23,24,25,26,27);2-5H,1H3. The summed E-state index contributed by atoms with van der Waals surface area (Å²) in [7, 11) is 0. The van der Waals surface area contributed by atoms with Gasteiger partial charge in [0.1, 0.15) is 33.3 Å². The maximum absolute atomic E-state index is 13.5. The highest BCUT2D eigenvalue weighted by Gasteiger charge is 2.22. The van der Waals surface area contributed by atoms with Gasteiger partial charge in [0.15, 0.2) is 17.8 Å². The van der Waals surface area contributed by atoms with Crippen LogP contribution < -0.4 is 16.4 Å². The quantitative estimate of drug-likeness (QED) is 0.251. The average Bonchev–Trinajstić information content (AvgIpc) is 3.53. The SMILES string of the molecule is Cc1cccc2nc(C(C)Nc3ncnc4[nH]cnc34)c(-c3ccccn3)c(=O)n12.Cc1cccc2nc(C=O)c(Br)c(=O)n12. The summed E-state index contributed by atoms with van der Waals surface area (Å²) in [5, 5.41) is 3.33. The number of hydrogen-bond acceptors (Lipinski definition) is 10. The van der Waals surface area contributed by atoms with E-state index in [2.05, 4.69) is 51.2 Å². The van der Waals surface area contributed by atoms with Crippen LogP contribution in [-0.4, -0.2) is 50.0 Å². The van der Waals surface area contributed by atoms with E-state index in [9.17, 15) is 14.4 Å². The van der Waals surface area contributed by atoms with E-state index in [1.54, 1.807) is 29.1 Å². The molecule has 7 heterocycles. The first-order valence-electron chi connectivity index (χ1n) is 13.8. The van der Waals surface area contributed by atoms with Gasteiger partial charge in [-0.15, -0.1) is 0 Å². The topological polar surface area (TPSA) is 165 Å². The zero-order valence-electron chi connectivity index (χ0n) is 24.3. The summed E-state index contributed by atoms with van der Waals surface area (Å²) >= 11 is 3.07. The molecule has 1 atom stereocenters. The number of aldehydes is 1. The molecule has 0 bridgehead atoms. The van der Waals surface area contributed by atoms with E-state index in [1.807, 2.05) is 63.2 Å². The van der Waals surface area contributed by atoms with E-state index in [1.165, 1.54) is 10.7 Å². The second-order valence-electron chi connectivity index (χ2n) is 10.0. The predicted molar refractivity (Wildman–Crippen MR) is 172 cm³/mol. The van der Waals surface area contributed by atoms with Crippen LogP contribution in [0, 0.1) is 13.8 Å². The Morgan fingerprint density at radius 3 is 2.27 bits per heavy atom. The normalized spacial score (nSPS) is 11.7. The van der Waals surface area contributed by atoms with Gasteiger partial charge in [0.2, 0.25) is 0 Å². The fourth-order valence-corrected chi connectivity index (χ4v) is 5.34. The zero-order chi connectivity index (χ0) is 31.7. The van der Waals surface area contributed by atoms with E-state index in [4.69, 9.17) is 4.98 Å². The minimum Gasteiger partial charge on any atom is -0.360 e. The number of aromatic nitrogens is 9. The number of rotatable bonds is 5. The van der Waals surface area contributed by atoms with Crippen LogP contribution in [0.2, 0.25) is 0 Å². The Bertz CT molecular complexity index is 2330. The van der Waals surface area contributed by atoms with Gasteiger partial charge in [-0.1, -0.05) is 18.2 Å². The van der Waals surface area contributed by atoms with Crippen molar-refractivity contribution in [3.8, 4) is 11.3 Å². The molecule has 0 fully saturated rings. The second kappa shape index (κ2) is 12.2. The molecule has 13 nitrogen and oxygen atoms in total. The van der Waals surface area contributed by atoms with Gasteiger partial charge >= 0.3 is 0 Å². The first-order valence-corrected chi connectivity index (χ1v) is 14.5. The van der Waals surface area contributed by atoms with Crippen LogP contribution in [0.25, 0.3) is 33.7 Å². The van der Waals surface area contributed by atoms with Crippen LogP contribution in [0.5, 0.6) is 0 Å². The van der Waals surface area contributed by atoms with Gasteiger partial charge in [0.05, 0.1) is 29.3 Å². The maximum Gasteiger partial charge on any atom is 0.273 e. The molecule has 1 unspecified atom stereocenters. The number of aromatic amines is 1. The van der Waals surface area contributed by atoms with Gasteiger partial charge in [0, 0.05) is 17.6 Å². The summed E-state index contributed by atoms with van der Waals surface area (Å²) in [4.78, 5) is 65.1. The first kappa shape index (κ1) is 29.4. The molecule has 45 heavy (non-hydrogen) atoms. The van der Waals surface area contributed by atoms with E-state index >= 15 is 0 Å². The number of carbonyl (C=O) groups excluding carboxylic acids is 1. The number of halogens is 1. The van der Waals surface area contributed by atoms with Crippen LogP contribution in [0.15, 0.2) is 87.5 Å².